The van der Waals surface area contributed by atoms with Crippen LogP contribution in [-0.2, 0) is 23.1 Å². The number of ether oxygens (including phenoxy) is 1. The lowest BCUT2D eigenvalue weighted by Crippen LogP contribution is -2.47. The minimum Gasteiger partial charge on any atom is -0.374 e. The molecule has 0 bridgehead atoms. The fourth-order valence-electron chi connectivity index (χ4n) is 2.92. The van der Waals surface area contributed by atoms with Crippen LogP contribution >= 0.6 is 35.0 Å². The average molecular weight is 457 g/mol. The minimum atomic E-state index is -0.182. The third-order valence-corrected chi connectivity index (χ3v) is 6.09. The third-order valence-electron chi connectivity index (χ3n) is 4.43. The predicted molar refractivity (Wildman–Crippen MR) is 115 cm³/mol. The summed E-state index contributed by atoms with van der Waals surface area (Å²) in [7, 11) is 1.58. The summed E-state index contributed by atoms with van der Waals surface area (Å²) in [6, 6.07) is 8.69. The standard InChI is InChI=1S/C19H22Cl2N4O3S/c1-24-19(27)5-4-18(23-24)29-12-17(26)22-9-14-11-25(6-7-28-14)10-13-2-3-15(20)16(21)8-13/h2-5,8,14H,6-7,9-12H2,1H3,(H,22,26)/t14-/m0/s1. The summed E-state index contributed by atoms with van der Waals surface area (Å²) in [5.74, 6) is 0.126. The highest BCUT2D eigenvalue weighted by Gasteiger charge is 2.21. The molecule has 1 fully saturated rings. The smallest absolute Gasteiger partial charge is 0.266 e. The van der Waals surface area contributed by atoms with Crippen LogP contribution in [0.3, 0.4) is 0 Å². The fraction of sp³-hybridized carbons (Fsp3) is 0.421. The largest absolute Gasteiger partial charge is 0.374 e. The molecule has 0 unspecified atom stereocenters. The molecule has 1 aromatic carbocycles. The van der Waals surface area contributed by atoms with Crippen LogP contribution in [0.4, 0.5) is 0 Å². The van der Waals surface area contributed by atoms with Gasteiger partial charge in [0.25, 0.3) is 5.56 Å². The van der Waals surface area contributed by atoms with Gasteiger partial charge < -0.3 is 10.1 Å². The number of carbonyl (C=O) groups is 1. The van der Waals surface area contributed by atoms with Gasteiger partial charge in [-0.3, -0.25) is 14.5 Å². The molecule has 29 heavy (non-hydrogen) atoms. The van der Waals surface area contributed by atoms with Crippen molar-refractivity contribution in [1.82, 2.24) is 20.0 Å². The molecular formula is C19H22Cl2N4O3S. The van der Waals surface area contributed by atoms with Gasteiger partial charge in [-0.15, -0.1) is 0 Å². The topological polar surface area (TPSA) is 76.5 Å². The first-order valence-electron chi connectivity index (χ1n) is 9.12. The monoisotopic (exact) mass is 456 g/mol. The Labute approximate surface area is 183 Å². The van der Waals surface area contributed by atoms with Crippen LogP contribution in [0.25, 0.3) is 0 Å². The molecule has 0 saturated carbocycles. The number of halogens is 2. The van der Waals surface area contributed by atoms with Crippen molar-refractivity contribution in [3.63, 3.8) is 0 Å². The fourth-order valence-corrected chi connectivity index (χ4v) is 3.97. The average Bonchev–Trinajstić information content (AvgIpc) is 2.70. The van der Waals surface area contributed by atoms with Gasteiger partial charge in [0.05, 0.1) is 28.5 Å². The van der Waals surface area contributed by atoms with E-state index in [1.807, 2.05) is 12.1 Å². The Morgan fingerprint density at radius 2 is 2.14 bits per heavy atom. The van der Waals surface area contributed by atoms with Gasteiger partial charge in [0.1, 0.15) is 5.03 Å². The zero-order valence-electron chi connectivity index (χ0n) is 15.9. The Balaban J connectivity index is 1.42. The summed E-state index contributed by atoms with van der Waals surface area (Å²) in [6.07, 6.45) is -0.0730. The Kier molecular flexibility index (Phi) is 7.97. The van der Waals surface area contributed by atoms with E-state index < -0.39 is 0 Å². The van der Waals surface area contributed by atoms with Crippen LogP contribution in [0.15, 0.2) is 40.2 Å². The van der Waals surface area contributed by atoms with E-state index in [1.54, 1.807) is 19.2 Å². The molecule has 2 heterocycles. The summed E-state index contributed by atoms with van der Waals surface area (Å²) in [5.41, 5.74) is 0.906. The molecule has 3 rings (SSSR count). The van der Waals surface area contributed by atoms with Gasteiger partial charge in [-0.1, -0.05) is 41.0 Å². The van der Waals surface area contributed by atoms with Crippen LogP contribution in [0.1, 0.15) is 5.56 Å². The summed E-state index contributed by atoms with van der Waals surface area (Å²) in [4.78, 5) is 25.7. The third kappa shape index (κ3) is 6.72. The van der Waals surface area contributed by atoms with Crippen LogP contribution in [0, 0.1) is 0 Å². The first kappa shape index (κ1) is 22.1. The lowest BCUT2D eigenvalue weighted by Gasteiger charge is -2.33. The zero-order chi connectivity index (χ0) is 20.8. The lowest BCUT2D eigenvalue weighted by atomic mass is 10.2. The van der Waals surface area contributed by atoms with Gasteiger partial charge in [0.2, 0.25) is 5.91 Å². The number of benzene rings is 1. The van der Waals surface area contributed by atoms with E-state index in [4.69, 9.17) is 27.9 Å². The van der Waals surface area contributed by atoms with Crippen LogP contribution in [-0.4, -0.2) is 58.7 Å². The van der Waals surface area contributed by atoms with Crippen LogP contribution < -0.4 is 10.9 Å². The second kappa shape index (κ2) is 10.4. The predicted octanol–water partition coefficient (Wildman–Crippen LogP) is 2.20. The zero-order valence-corrected chi connectivity index (χ0v) is 18.3. The number of aryl methyl sites for hydroxylation is 1. The molecule has 0 spiro atoms. The van der Waals surface area contributed by atoms with Crippen molar-refractivity contribution >= 4 is 40.9 Å². The number of amides is 1. The van der Waals surface area contributed by atoms with Gasteiger partial charge in [-0.25, -0.2) is 4.68 Å². The van der Waals surface area contributed by atoms with E-state index in [2.05, 4.69) is 15.3 Å². The maximum absolute atomic E-state index is 12.1. The Morgan fingerprint density at radius 3 is 2.90 bits per heavy atom. The molecule has 2 aromatic rings. The van der Waals surface area contributed by atoms with E-state index in [0.717, 1.165) is 25.2 Å². The molecule has 0 radical (unpaired) electrons. The second-order valence-electron chi connectivity index (χ2n) is 6.70. The molecule has 1 saturated heterocycles. The Hall–Kier alpha value is -1.58. The number of hydrogen-bond acceptors (Lipinski definition) is 6. The Morgan fingerprint density at radius 1 is 1.31 bits per heavy atom. The number of hydrogen-bond donors (Lipinski definition) is 1. The van der Waals surface area contributed by atoms with Crippen molar-refractivity contribution < 1.29 is 9.53 Å². The van der Waals surface area contributed by atoms with Gasteiger partial charge in [-0.05, 0) is 23.8 Å². The van der Waals surface area contributed by atoms with Crippen molar-refractivity contribution in [1.29, 1.82) is 0 Å². The molecule has 1 amide bonds. The maximum atomic E-state index is 12.1. The van der Waals surface area contributed by atoms with Gasteiger partial charge >= 0.3 is 0 Å². The number of carbonyl (C=O) groups excluding carboxylic acids is 1. The quantitative estimate of drug-likeness (QED) is 0.643. The van der Waals surface area contributed by atoms with Gasteiger partial charge in [0, 0.05) is 39.3 Å². The molecule has 1 N–H and O–H groups in total. The number of morpholine rings is 1. The second-order valence-corrected chi connectivity index (χ2v) is 8.51. The van der Waals surface area contributed by atoms with E-state index in [0.29, 0.717) is 28.2 Å². The van der Waals surface area contributed by atoms with Crippen LogP contribution in [0.2, 0.25) is 10.0 Å². The molecule has 10 heteroatoms. The van der Waals surface area contributed by atoms with Gasteiger partial charge in [-0.2, -0.15) is 5.10 Å². The first-order chi connectivity index (χ1) is 13.9. The summed E-state index contributed by atoms with van der Waals surface area (Å²) < 4.78 is 7.02. The van der Waals surface area contributed by atoms with E-state index in [-0.39, 0.29) is 23.3 Å². The molecule has 7 nitrogen and oxygen atoms in total. The molecule has 0 aliphatic carbocycles. The van der Waals surface area contributed by atoms with Gasteiger partial charge in [0.15, 0.2) is 0 Å². The summed E-state index contributed by atoms with van der Waals surface area (Å²) in [5, 5.41) is 8.72. The molecule has 1 atom stereocenters. The lowest BCUT2D eigenvalue weighted by molar-refractivity contribution is -0.119. The molecule has 1 aliphatic heterocycles. The molecule has 1 aromatic heterocycles. The van der Waals surface area contributed by atoms with Crippen molar-refractivity contribution in [2.24, 2.45) is 7.05 Å². The minimum absolute atomic E-state index is 0.0730. The highest BCUT2D eigenvalue weighted by atomic mass is 35.5. The van der Waals surface area contributed by atoms with E-state index >= 15 is 0 Å². The number of nitrogens with zero attached hydrogens (tertiary/aromatic N) is 3. The number of rotatable bonds is 7. The number of nitrogens with one attached hydrogen (secondary N) is 1. The van der Waals surface area contributed by atoms with Crippen LogP contribution in [0.5, 0.6) is 0 Å². The summed E-state index contributed by atoms with van der Waals surface area (Å²) in [6.45, 7) is 3.34. The van der Waals surface area contributed by atoms with E-state index in [9.17, 15) is 9.59 Å². The van der Waals surface area contributed by atoms with Crippen molar-refractivity contribution in [2.75, 3.05) is 32.0 Å². The molecular weight excluding hydrogens is 435 g/mol. The number of aromatic nitrogens is 2. The highest BCUT2D eigenvalue weighted by Crippen LogP contribution is 2.23. The Bertz CT molecular complexity index is 925. The van der Waals surface area contributed by atoms with E-state index in [1.165, 1.54) is 22.5 Å². The SMILES string of the molecule is Cn1nc(SCC(=O)NC[C@H]2CN(Cc3ccc(Cl)c(Cl)c3)CCO2)ccc1=O. The van der Waals surface area contributed by atoms with Crippen molar-refractivity contribution in [3.05, 3.63) is 56.3 Å². The highest BCUT2D eigenvalue weighted by molar-refractivity contribution is 7.99. The normalized spacial score (nSPS) is 17.3. The molecule has 156 valence electrons. The maximum Gasteiger partial charge on any atom is 0.266 e. The molecule has 1 aliphatic rings. The van der Waals surface area contributed by atoms with Crippen molar-refractivity contribution in [3.8, 4) is 0 Å². The number of thioether (sulfide) groups is 1. The first-order valence-corrected chi connectivity index (χ1v) is 10.9. The van der Waals surface area contributed by atoms with Crippen molar-refractivity contribution in [2.45, 2.75) is 17.7 Å². The summed E-state index contributed by atoms with van der Waals surface area (Å²) >= 11 is 13.3.